The Morgan fingerprint density at radius 1 is 1.19 bits per heavy atom. The number of carbonyl (C=O) groups is 1. The van der Waals surface area contributed by atoms with Crippen molar-refractivity contribution in [3.63, 3.8) is 0 Å². The van der Waals surface area contributed by atoms with Gasteiger partial charge >= 0.3 is 6.09 Å². The second-order valence-corrected chi connectivity index (χ2v) is 12.2. The largest absolute Gasteiger partial charge is 0.598 e. The summed E-state index contributed by atoms with van der Waals surface area (Å²) in [6, 6.07) is -0.0177. The molecule has 2 fully saturated rings. The standard InChI is InChI=1S/C19H36N2O4S/c1-16(2,3)25-15(22)21-11-9-19(10-12-21)14(18(7,8)13-24-19)20-26(23)17(4,5)6/h14,20H,9-13H2,1-8H3/t14-,26?/m1/s1. The molecular formula is C19H36N2O4S. The second kappa shape index (κ2) is 7.15. The van der Waals surface area contributed by atoms with Crippen LogP contribution < -0.4 is 4.72 Å². The lowest BCUT2D eigenvalue weighted by atomic mass is 9.75. The molecule has 26 heavy (non-hydrogen) atoms. The molecule has 6 nitrogen and oxygen atoms in total. The summed E-state index contributed by atoms with van der Waals surface area (Å²) in [4.78, 5) is 14.1. The normalized spacial score (nSPS) is 26.8. The van der Waals surface area contributed by atoms with Crippen molar-refractivity contribution in [2.75, 3.05) is 19.7 Å². The van der Waals surface area contributed by atoms with Crippen LogP contribution in [-0.2, 0) is 20.8 Å². The molecule has 0 saturated carbocycles. The maximum absolute atomic E-state index is 12.7. The number of nitrogens with zero attached hydrogens (tertiary/aromatic N) is 1. The monoisotopic (exact) mass is 388 g/mol. The van der Waals surface area contributed by atoms with E-state index in [0.717, 1.165) is 0 Å². The summed E-state index contributed by atoms with van der Waals surface area (Å²) in [5, 5.41) is 0. The number of amides is 1. The van der Waals surface area contributed by atoms with Crippen LogP contribution in [0.2, 0.25) is 0 Å². The van der Waals surface area contributed by atoms with Crippen LogP contribution in [0, 0.1) is 5.41 Å². The molecule has 1 unspecified atom stereocenters. The molecule has 7 heteroatoms. The molecule has 152 valence electrons. The number of likely N-dealkylation sites (tertiary alicyclic amines) is 1. The van der Waals surface area contributed by atoms with Gasteiger partial charge in [-0.05, 0) is 54.4 Å². The molecular weight excluding hydrogens is 352 g/mol. The number of hydrogen-bond acceptors (Lipinski definition) is 5. The smallest absolute Gasteiger partial charge is 0.410 e. The summed E-state index contributed by atoms with van der Waals surface area (Å²) < 4.78 is 27.5. The zero-order chi connectivity index (χ0) is 20.0. The van der Waals surface area contributed by atoms with Crippen LogP contribution in [0.25, 0.3) is 0 Å². The third kappa shape index (κ3) is 4.86. The van der Waals surface area contributed by atoms with Crippen LogP contribution in [0.3, 0.4) is 0 Å². The van der Waals surface area contributed by atoms with Gasteiger partial charge in [0.25, 0.3) is 0 Å². The van der Waals surface area contributed by atoms with Crippen LogP contribution in [0.5, 0.6) is 0 Å². The van der Waals surface area contributed by atoms with Gasteiger partial charge in [0.2, 0.25) is 0 Å². The SMILES string of the molecule is CC(C)(C)OC(=O)N1CCC2(CC1)OCC(C)(C)[C@H]2N[S+]([O-])C(C)(C)C. The van der Waals surface area contributed by atoms with Crippen LogP contribution in [0.1, 0.15) is 68.2 Å². The Labute approximate surface area is 161 Å². The van der Waals surface area contributed by atoms with Gasteiger partial charge in [0, 0.05) is 29.9 Å². The molecule has 2 rings (SSSR count). The van der Waals surface area contributed by atoms with Crippen LogP contribution >= 0.6 is 0 Å². The van der Waals surface area contributed by atoms with Gasteiger partial charge in [0.15, 0.2) is 0 Å². The maximum Gasteiger partial charge on any atom is 0.410 e. The molecule has 0 bridgehead atoms. The van der Waals surface area contributed by atoms with Crippen molar-refractivity contribution < 1.29 is 18.8 Å². The van der Waals surface area contributed by atoms with Gasteiger partial charge < -0.3 is 18.9 Å². The van der Waals surface area contributed by atoms with Crippen molar-refractivity contribution in [1.82, 2.24) is 9.62 Å². The van der Waals surface area contributed by atoms with E-state index in [1.165, 1.54) is 0 Å². The molecule has 2 saturated heterocycles. The first-order valence-corrected chi connectivity index (χ1v) is 10.6. The Hall–Kier alpha value is -0.500. The molecule has 2 aliphatic heterocycles. The first kappa shape index (κ1) is 21.8. The third-order valence-corrected chi connectivity index (χ3v) is 6.64. The van der Waals surface area contributed by atoms with Crippen LogP contribution in [0.15, 0.2) is 0 Å². The maximum atomic E-state index is 12.7. The fourth-order valence-corrected chi connectivity index (χ4v) is 4.69. The van der Waals surface area contributed by atoms with Gasteiger partial charge in [0.05, 0.1) is 18.2 Å². The van der Waals surface area contributed by atoms with Crippen LogP contribution in [-0.4, -0.2) is 57.2 Å². The molecule has 0 aliphatic carbocycles. The Kier molecular flexibility index (Phi) is 5.99. The van der Waals surface area contributed by atoms with E-state index in [0.29, 0.717) is 32.5 Å². The lowest BCUT2D eigenvalue weighted by molar-refractivity contribution is -0.0569. The van der Waals surface area contributed by atoms with E-state index in [-0.39, 0.29) is 27.9 Å². The highest BCUT2D eigenvalue weighted by Crippen LogP contribution is 2.45. The van der Waals surface area contributed by atoms with E-state index < -0.39 is 17.0 Å². The number of rotatable bonds is 2. The van der Waals surface area contributed by atoms with Crippen molar-refractivity contribution >= 4 is 17.5 Å². The summed E-state index contributed by atoms with van der Waals surface area (Å²) in [6.07, 6.45) is 1.16. The summed E-state index contributed by atoms with van der Waals surface area (Å²) in [7, 11) is 0. The van der Waals surface area contributed by atoms with Gasteiger partial charge in [0.1, 0.15) is 10.3 Å². The van der Waals surface area contributed by atoms with Crippen LogP contribution in [0.4, 0.5) is 4.79 Å². The summed E-state index contributed by atoms with van der Waals surface area (Å²) in [5.41, 5.74) is -0.996. The summed E-state index contributed by atoms with van der Waals surface area (Å²) in [5.74, 6) is 0. The van der Waals surface area contributed by atoms with Crippen molar-refractivity contribution in [3.8, 4) is 0 Å². The Morgan fingerprint density at radius 2 is 1.73 bits per heavy atom. The zero-order valence-electron chi connectivity index (χ0n) is 17.6. The molecule has 0 aromatic carbocycles. The predicted octanol–water partition coefficient (Wildman–Crippen LogP) is 3.23. The quantitative estimate of drug-likeness (QED) is 0.735. The molecule has 0 radical (unpaired) electrons. The van der Waals surface area contributed by atoms with E-state index in [1.54, 1.807) is 4.90 Å². The van der Waals surface area contributed by atoms with E-state index in [9.17, 15) is 9.35 Å². The molecule has 0 aromatic rings. The highest BCUT2D eigenvalue weighted by Gasteiger charge is 2.57. The molecule has 1 N–H and O–H groups in total. The number of piperidine rings is 1. The minimum atomic E-state index is -1.17. The lowest BCUT2D eigenvalue weighted by Crippen LogP contribution is -2.61. The van der Waals surface area contributed by atoms with Crippen molar-refractivity contribution in [3.05, 3.63) is 0 Å². The van der Waals surface area contributed by atoms with Gasteiger partial charge in [-0.15, -0.1) is 4.72 Å². The summed E-state index contributed by atoms with van der Waals surface area (Å²) >= 11 is -1.17. The number of hydrogen-bond donors (Lipinski definition) is 1. The first-order valence-electron chi connectivity index (χ1n) is 9.46. The topological polar surface area (TPSA) is 73.9 Å². The lowest BCUT2D eigenvalue weighted by Gasteiger charge is -2.44. The molecule has 2 aliphatic rings. The van der Waals surface area contributed by atoms with E-state index in [4.69, 9.17) is 9.47 Å². The molecule has 2 heterocycles. The van der Waals surface area contributed by atoms with Crippen molar-refractivity contribution in [2.24, 2.45) is 5.41 Å². The van der Waals surface area contributed by atoms with Gasteiger partial charge in [-0.25, -0.2) is 4.79 Å². The van der Waals surface area contributed by atoms with Gasteiger partial charge in [-0.2, -0.15) is 0 Å². The minimum Gasteiger partial charge on any atom is -0.598 e. The van der Waals surface area contributed by atoms with E-state index in [2.05, 4.69) is 18.6 Å². The molecule has 1 amide bonds. The fourth-order valence-electron chi connectivity index (χ4n) is 3.59. The van der Waals surface area contributed by atoms with Crippen molar-refractivity contribution in [2.45, 2.75) is 90.2 Å². The van der Waals surface area contributed by atoms with E-state index in [1.807, 2.05) is 41.5 Å². The predicted molar refractivity (Wildman–Crippen MR) is 104 cm³/mol. The molecule has 1 spiro atoms. The number of ether oxygens (including phenoxy) is 2. The Morgan fingerprint density at radius 3 is 2.19 bits per heavy atom. The van der Waals surface area contributed by atoms with Gasteiger partial charge in [-0.3, -0.25) is 0 Å². The third-order valence-electron chi connectivity index (χ3n) is 5.08. The Balaban J connectivity index is 2.08. The molecule has 2 atom stereocenters. The first-order chi connectivity index (χ1) is 11.7. The Bertz CT molecular complexity index is 517. The average molecular weight is 389 g/mol. The highest BCUT2D eigenvalue weighted by molar-refractivity contribution is 7.90. The minimum absolute atomic E-state index is 0.0177. The number of nitrogens with one attached hydrogen (secondary N) is 1. The number of carbonyl (C=O) groups excluding carboxylic acids is 1. The van der Waals surface area contributed by atoms with Gasteiger partial charge in [-0.1, -0.05) is 13.8 Å². The fraction of sp³-hybridized carbons (Fsp3) is 0.947. The summed E-state index contributed by atoms with van der Waals surface area (Å²) in [6.45, 7) is 17.6. The highest BCUT2D eigenvalue weighted by atomic mass is 32.2. The average Bonchev–Trinajstić information content (AvgIpc) is 2.70. The molecule has 0 aromatic heterocycles. The zero-order valence-corrected chi connectivity index (χ0v) is 18.4. The van der Waals surface area contributed by atoms with Crippen molar-refractivity contribution in [1.29, 1.82) is 0 Å². The second-order valence-electron chi connectivity index (χ2n) is 10.2. The van der Waals surface area contributed by atoms with E-state index >= 15 is 0 Å².